The van der Waals surface area contributed by atoms with Crippen molar-refractivity contribution in [3.8, 4) is 0 Å². The number of nitrogens with zero attached hydrogens (tertiary/aromatic N) is 2. The van der Waals surface area contributed by atoms with E-state index in [0.29, 0.717) is 12.0 Å². The van der Waals surface area contributed by atoms with E-state index in [1.54, 1.807) is 19.3 Å². The topological polar surface area (TPSA) is 79.4 Å². The molecule has 1 N–H and O–H groups in total. The van der Waals surface area contributed by atoms with E-state index in [9.17, 15) is 13.2 Å². The van der Waals surface area contributed by atoms with Crippen molar-refractivity contribution in [1.82, 2.24) is 9.88 Å². The van der Waals surface area contributed by atoms with Crippen molar-refractivity contribution < 1.29 is 13.2 Å². The fourth-order valence-electron chi connectivity index (χ4n) is 2.71. The number of rotatable bonds is 7. The van der Waals surface area contributed by atoms with Crippen LogP contribution in [-0.4, -0.2) is 55.3 Å². The summed E-state index contributed by atoms with van der Waals surface area (Å²) in [5.41, 5.74) is 1.30. The molecule has 0 aliphatic carbocycles. The van der Waals surface area contributed by atoms with Gasteiger partial charge in [0.1, 0.15) is 0 Å². The molecule has 23 heavy (non-hydrogen) atoms. The molecule has 0 aromatic carbocycles. The standard InChI is InChI=1S/C16H25N3O3S/c1-3-4-5-7-18-14-9-13(10-17-11-14)16(20)19(2)15-6-8-23(21,22)12-15/h9-11,15,18H,3-8,12H2,1-2H3. The predicted octanol–water partition coefficient (Wildman–Crippen LogP) is 1.94. The molecule has 1 saturated heterocycles. The summed E-state index contributed by atoms with van der Waals surface area (Å²) in [6.45, 7) is 3.00. The lowest BCUT2D eigenvalue weighted by Gasteiger charge is -2.23. The molecule has 2 rings (SSSR count). The summed E-state index contributed by atoms with van der Waals surface area (Å²) >= 11 is 0. The summed E-state index contributed by atoms with van der Waals surface area (Å²) in [5.74, 6) is 0.0290. The Bertz CT molecular complexity index is 646. The first-order valence-corrected chi connectivity index (χ1v) is 9.91. The van der Waals surface area contributed by atoms with Gasteiger partial charge in [0.05, 0.1) is 22.8 Å². The maximum absolute atomic E-state index is 12.5. The fourth-order valence-corrected chi connectivity index (χ4v) is 4.49. The van der Waals surface area contributed by atoms with Crippen molar-refractivity contribution in [2.24, 2.45) is 0 Å². The van der Waals surface area contributed by atoms with Crippen molar-refractivity contribution in [1.29, 1.82) is 0 Å². The number of unbranched alkanes of at least 4 members (excludes halogenated alkanes) is 2. The number of amides is 1. The molecule has 0 bridgehead atoms. The van der Waals surface area contributed by atoms with E-state index in [4.69, 9.17) is 0 Å². The Balaban J connectivity index is 1.99. The molecule has 0 spiro atoms. The number of carbonyl (C=O) groups excluding carboxylic acids is 1. The van der Waals surface area contributed by atoms with Gasteiger partial charge in [-0.1, -0.05) is 19.8 Å². The lowest BCUT2D eigenvalue weighted by atomic mass is 10.2. The van der Waals surface area contributed by atoms with Crippen LogP contribution >= 0.6 is 0 Å². The van der Waals surface area contributed by atoms with E-state index in [-0.39, 0.29) is 23.5 Å². The van der Waals surface area contributed by atoms with Gasteiger partial charge in [0, 0.05) is 32.0 Å². The van der Waals surface area contributed by atoms with Gasteiger partial charge in [-0.15, -0.1) is 0 Å². The predicted molar refractivity (Wildman–Crippen MR) is 91.4 cm³/mol. The van der Waals surface area contributed by atoms with Crippen LogP contribution in [0.25, 0.3) is 0 Å². The zero-order chi connectivity index (χ0) is 16.9. The maximum atomic E-state index is 12.5. The summed E-state index contributed by atoms with van der Waals surface area (Å²) < 4.78 is 23.1. The average Bonchev–Trinajstić information content (AvgIpc) is 2.90. The van der Waals surface area contributed by atoms with E-state index in [1.807, 2.05) is 0 Å². The van der Waals surface area contributed by atoms with Crippen LogP contribution in [0.4, 0.5) is 5.69 Å². The van der Waals surface area contributed by atoms with Crippen LogP contribution < -0.4 is 5.32 Å². The molecule has 1 fully saturated rings. The second-order valence-electron chi connectivity index (χ2n) is 6.07. The molecule has 1 unspecified atom stereocenters. The highest BCUT2D eigenvalue weighted by atomic mass is 32.2. The Morgan fingerprint density at radius 3 is 2.83 bits per heavy atom. The molecule has 1 aliphatic heterocycles. The summed E-state index contributed by atoms with van der Waals surface area (Å²) in [6, 6.07) is 1.54. The first-order chi connectivity index (χ1) is 10.9. The second-order valence-corrected chi connectivity index (χ2v) is 8.30. The third-order valence-corrected chi connectivity index (χ3v) is 5.92. The van der Waals surface area contributed by atoms with E-state index < -0.39 is 9.84 Å². The Labute approximate surface area is 138 Å². The summed E-state index contributed by atoms with van der Waals surface area (Å²) in [7, 11) is -1.34. The number of hydrogen-bond acceptors (Lipinski definition) is 5. The lowest BCUT2D eigenvalue weighted by molar-refractivity contribution is 0.0747. The molecule has 6 nitrogen and oxygen atoms in total. The third-order valence-electron chi connectivity index (χ3n) is 4.17. The van der Waals surface area contributed by atoms with Crippen molar-refractivity contribution in [3.63, 3.8) is 0 Å². The number of pyridine rings is 1. The first-order valence-electron chi connectivity index (χ1n) is 8.09. The van der Waals surface area contributed by atoms with Crippen molar-refractivity contribution in [3.05, 3.63) is 24.0 Å². The van der Waals surface area contributed by atoms with Gasteiger partial charge in [-0.25, -0.2) is 8.42 Å². The molecule has 128 valence electrons. The van der Waals surface area contributed by atoms with Crippen LogP contribution in [0.1, 0.15) is 43.0 Å². The molecule has 1 aromatic heterocycles. The Hall–Kier alpha value is -1.63. The SMILES string of the molecule is CCCCCNc1cncc(C(=O)N(C)C2CCS(=O)(=O)C2)c1. The molecular weight excluding hydrogens is 314 g/mol. The van der Waals surface area contributed by atoms with Crippen molar-refractivity contribution in [2.75, 3.05) is 30.4 Å². The zero-order valence-electron chi connectivity index (χ0n) is 13.8. The summed E-state index contributed by atoms with van der Waals surface area (Å²) in [4.78, 5) is 18.2. The second kappa shape index (κ2) is 7.77. The number of anilines is 1. The van der Waals surface area contributed by atoms with Gasteiger partial charge in [0.25, 0.3) is 5.91 Å². The Morgan fingerprint density at radius 1 is 1.39 bits per heavy atom. The Kier molecular flexibility index (Phi) is 5.98. The number of carbonyl (C=O) groups is 1. The Morgan fingerprint density at radius 2 is 2.17 bits per heavy atom. The molecule has 1 amide bonds. The molecule has 0 saturated carbocycles. The molecule has 1 aromatic rings. The normalized spacial score (nSPS) is 19.5. The minimum Gasteiger partial charge on any atom is -0.384 e. The van der Waals surface area contributed by atoms with E-state index in [1.165, 1.54) is 11.1 Å². The lowest BCUT2D eigenvalue weighted by Crippen LogP contribution is -2.37. The molecule has 2 heterocycles. The van der Waals surface area contributed by atoms with Crippen molar-refractivity contribution >= 4 is 21.4 Å². The van der Waals surface area contributed by atoms with Gasteiger partial charge in [-0.3, -0.25) is 9.78 Å². The van der Waals surface area contributed by atoms with Crippen LogP contribution in [0.2, 0.25) is 0 Å². The number of sulfone groups is 1. The van der Waals surface area contributed by atoms with Crippen LogP contribution in [0.3, 0.4) is 0 Å². The molecule has 1 aliphatic rings. The van der Waals surface area contributed by atoms with Gasteiger partial charge in [-0.2, -0.15) is 0 Å². The summed E-state index contributed by atoms with van der Waals surface area (Å²) in [5, 5.41) is 3.27. The molecule has 1 atom stereocenters. The highest BCUT2D eigenvalue weighted by Gasteiger charge is 2.33. The molecule has 7 heteroatoms. The van der Waals surface area contributed by atoms with Gasteiger partial charge in [0.15, 0.2) is 9.84 Å². The fraction of sp³-hybridized carbons (Fsp3) is 0.625. The van der Waals surface area contributed by atoms with Gasteiger partial charge < -0.3 is 10.2 Å². The van der Waals surface area contributed by atoms with Crippen LogP contribution in [-0.2, 0) is 9.84 Å². The smallest absolute Gasteiger partial charge is 0.255 e. The van der Waals surface area contributed by atoms with Gasteiger partial charge >= 0.3 is 0 Å². The third kappa shape index (κ3) is 4.92. The minimum absolute atomic E-state index is 0.0532. The highest BCUT2D eigenvalue weighted by molar-refractivity contribution is 7.91. The first kappa shape index (κ1) is 17.7. The van der Waals surface area contributed by atoms with E-state index >= 15 is 0 Å². The molecular formula is C16H25N3O3S. The number of hydrogen-bond donors (Lipinski definition) is 1. The average molecular weight is 339 g/mol. The van der Waals surface area contributed by atoms with Gasteiger partial charge in [-0.05, 0) is 18.9 Å². The maximum Gasteiger partial charge on any atom is 0.255 e. The van der Waals surface area contributed by atoms with E-state index in [2.05, 4.69) is 17.2 Å². The highest BCUT2D eigenvalue weighted by Crippen LogP contribution is 2.19. The van der Waals surface area contributed by atoms with Crippen LogP contribution in [0, 0.1) is 0 Å². The van der Waals surface area contributed by atoms with E-state index in [0.717, 1.165) is 31.5 Å². The number of nitrogens with one attached hydrogen (secondary N) is 1. The van der Waals surface area contributed by atoms with Crippen molar-refractivity contribution in [2.45, 2.75) is 38.6 Å². The quantitative estimate of drug-likeness (QED) is 0.768. The summed E-state index contributed by atoms with van der Waals surface area (Å²) in [6.07, 6.45) is 7.13. The minimum atomic E-state index is -3.00. The van der Waals surface area contributed by atoms with Gasteiger partial charge in [0.2, 0.25) is 0 Å². The molecule has 0 radical (unpaired) electrons. The monoisotopic (exact) mass is 339 g/mol. The largest absolute Gasteiger partial charge is 0.384 e. The number of aromatic nitrogens is 1. The van der Waals surface area contributed by atoms with Crippen LogP contribution in [0.15, 0.2) is 18.5 Å². The zero-order valence-corrected chi connectivity index (χ0v) is 14.6. The van der Waals surface area contributed by atoms with Crippen LogP contribution in [0.5, 0.6) is 0 Å².